The van der Waals surface area contributed by atoms with Crippen LogP contribution in [0.25, 0.3) is 65.8 Å². The average Bonchev–Trinajstić information content (AvgIpc) is 1.79. The summed E-state index contributed by atoms with van der Waals surface area (Å²) in [6.07, 6.45) is 39.3. The number of fused-ring (bicyclic) bond motifs is 4. The number of terminal acetylenes is 1. The van der Waals surface area contributed by atoms with Crippen molar-refractivity contribution in [2.45, 2.75) is 125 Å². The van der Waals surface area contributed by atoms with Crippen molar-refractivity contribution < 1.29 is 46.0 Å². The standard InChI is InChI=1S/C29H29N3O3.C24H25N3O.C16H21NO3.C13H9BrN2.C13H11N3.3CH4.B.2BrH.Cu.H2/c1-29(2,3)35-28(33)31-25(17-21-6-11-27(34-4)12-7-21)9-5-22-14-16-32(20-22)26-10-8-24-19-30-15-13-23(24)18-26;1-28-24-8-3-18(4-9-24)14-22(25)6-2-19-11-13-27(17-19)23-7-5-21-16-26-12-10-20(21)15-23;1-6-13(17-15(18)20-16(2,3)4)11-12-7-9-14(19-5)10-8-12;2*14-12-4-6-16(9-12)13-2-1-11-8-15-5-3-10(11)7-13;;;;;;;;/h6-8,10-16,18-20,25H,17H2,1-4H3,(H,31,33);3-5,7-13,15-17,22H,2,6,14,25H2,1H3;1,7-10,13H,11H2,2-5H3,(H,17,18);1-9H;1-9H,14H2;3*1H4;;2*1H;;1H/q;;;;;;;;;;;+2;/p-2/t25-;22-;13-;;;;;;;;;;/m111........../s1/i;;;;;;;;;;;;1+1. The molecule has 3 atom stereocenters. The molecule has 638 valence electrons. The van der Waals surface area contributed by atoms with E-state index in [4.69, 9.17) is 41.6 Å². The van der Waals surface area contributed by atoms with Crippen LogP contribution >= 0.6 is 44.2 Å². The van der Waals surface area contributed by atoms with Crippen LogP contribution in [0.15, 0.2) is 298 Å². The number of rotatable bonds is 18. The molecule has 6 N–H and O–H groups in total. The Bertz CT molecular complexity index is 5740. The molecule has 2 amide bonds. The predicted molar refractivity (Wildman–Crippen MR) is 511 cm³/mol. The van der Waals surface area contributed by atoms with Crippen molar-refractivity contribution in [1.82, 2.24) is 48.8 Å². The van der Waals surface area contributed by atoms with E-state index < -0.39 is 35.5 Å². The number of alkyl carbamates (subject to hydrolysis) is 2. The second-order valence-electron chi connectivity index (χ2n) is 29.3. The number of nitrogen functional groups attached to an aromatic ring is 1. The Balaban J connectivity index is 0.000000276. The van der Waals surface area contributed by atoms with Crippen LogP contribution in [0.1, 0.15) is 99.5 Å². The number of ether oxygens (including phenoxy) is 5. The number of pyridine rings is 4. The quantitative estimate of drug-likeness (QED) is 0.0464. The summed E-state index contributed by atoms with van der Waals surface area (Å²) in [5, 5.41) is 14.8. The third-order valence-electron chi connectivity index (χ3n) is 18.1. The first-order chi connectivity index (χ1) is 56.9. The van der Waals surface area contributed by atoms with Gasteiger partial charge in [0, 0.05) is 188 Å². The molecule has 0 unspecified atom stereocenters. The van der Waals surface area contributed by atoms with E-state index in [1.165, 1.54) is 38.6 Å². The van der Waals surface area contributed by atoms with Gasteiger partial charge in [0.1, 0.15) is 28.5 Å². The van der Waals surface area contributed by atoms with Gasteiger partial charge in [-0.15, -0.1) is 6.42 Å². The molecule has 15 aromatic rings. The number of benzene rings is 7. The zero-order valence-corrected chi connectivity index (χ0v) is 73.4. The minimum atomic E-state index is -0.588. The van der Waals surface area contributed by atoms with Crippen LogP contribution in [0.4, 0.5) is 15.3 Å². The Labute approximate surface area is 750 Å². The third-order valence-corrected chi connectivity index (χ3v) is 18.6. The first-order valence-electron chi connectivity index (χ1n) is 37.8. The van der Waals surface area contributed by atoms with Crippen LogP contribution in [0.5, 0.6) is 17.2 Å². The van der Waals surface area contributed by atoms with E-state index in [2.05, 4.69) is 205 Å². The first kappa shape index (κ1) is 99.0. The Morgan fingerprint density at radius 3 is 1.19 bits per heavy atom. The summed E-state index contributed by atoms with van der Waals surface area (Å²) >= 11 is 10.8. The van der Waals surface area contributed by atoms with E-state index in [-0.39, 0.29) is 38.2 Å². The number of nitrogens with one attached hydrogen (secondary N) is 2. The van der Waals surface area contributed by atoms with E-state index in [1.54, 1.807) is 54.5 Å². The number of aryl methyl sites for hydroxylation is 1. The molecule has 0 bridgehead atoms. The van der Waals surface area contributed by atoms with Crippen molar-refractivity contribution in [3.05, 3.63) is 326 Å². The normalized spacial score (nSPS) is 11.2. The molecule has 0 saturated heterocycles. The number of hydrogen-bond acceptors (Lipinski definition) is 13. The molecule has 0 aliphatic heterocycles. The van der Waals surface area contributed by atoms with Gasteiger partial charge in [0.05, 0.1) is 33.4 Å². The van der Waals surface area contributed by atoms with E-state index in [0.717, 1.165) is 113 Å². The van der Waals surface area contributed by atoms with Gasteiger partial charge in [-0.25, -0.2) is 9.59 Å². The van der Waals surface area contributed by atoms with Gasteiger partial charge in [0.15, 0.2) is 0 Å². The molecular weight excluding hydrogens is 1770 g/mol. The van der Waals surface area contributed by atoms with Crippen molar-refractivity contribution in [3.63, 3.8) is 0 Å². The summed E-state index contributed by atoms with van der Waals surface area (Å²) < 4.78 is 35.5. The van der Waals surface area contributed by atoms with E-state index in [0.29, 0.717) is 12.8 Å². The SMILES string of the molecule is Brc1ccn(-c2ccc3cnccc3c2)c1.C.C.C.C#C[C@H](Cc1ccc(OC)cc1)NC(=O)OC(C)(C)C.COc1ccc(C[C@@H](C#Cc2ccn(-c3ccc4cnccc4c3)c2)NC(=O)OC(C)(C)C)cc1.COc1ccc(C[C@H](N)CCc2ccn(-c3ccc4cnccc4c3)c2)cc1.Nc1ccn(-c2ccc3cnccc3c2)c1.[2HH].[B].[Br][Cu][Br]. The summed E-state index contributed by atoms with van der Waals surface area (Å²) in [6.45, 7) is 10.9. The van der Waals surface area contributed by atoms with Crippen molar-refractivity contribution in [1.29, 1.82) is 0 Å². The van der Waals surface area contributed by atoms with Crippen LogP contribution in [-0.2, 0) is 46.5 Å². The monoisotopic (exact) mass is 1880 g/mol. The van der Waals surface area contributed by atoms with E-state index >= 15 is 0 Å². The maximum absolute atomic E-state index is 12.4. The molecule has 24 heteroatoms. The van der Waals surface area contributed by atoms with E-state index in [1.807, 2.05) is 207 Å². The summed E-state index contributed by atoms with van der Waals surface area (Å²) in [6, 6.07) is 64.1. The zero-order valence-electron chi connectivity index (χ0n) is 67.7. The molecule has 8 aromatic heterocycles. The number of carbonyl (C=O) groups excluding carboxylic acids is 2. The van der Waals surface area contributed by atoms with Crippen LogP contribution < -0.4 is 36.3 Å². The number of nitrogens with two attached hydrogens (primary N) is 2. The Kier molecular flexibility index (Phi) is 39.9. The van der Waals surface area contributed by atoms with Crippen LogP contribution in [0.3, 0.4) is 0 Å². The molecule has 7 aromatic carbocycles. The first-order valence-corrected chi connectivity index (χ1v) is 43.3. The second kappa shape index (κ2) is 49.2. The molecule has 0 saturated carbocycles. The number of nitrogens with zero attached hydrogens (tertiary/aromatic N) is 8. The number of hydrogen-bond donors (Lipinski definition) is 4. The molecule has 15 rings (SSSR count). The van der Waals surface area contributed by atoms with Gasteiger partial charge >= 0.3 is 51.7 Å². The third kappa shape index (κ3) is 31.6. The molecule has 122 heavy (non-hydrogen) atoms. The number of amides is 2. The van der Waals surface area contributed by atoms with Gasteiger partial charge in [-0.1, -0.05) is 101 Å². The van der Waals surface area contributed by atoms with Crippen molar-refractivity contribution in [3.8, 4) is 64.2 Å². The fourth-order valence-corrected chi connectivity index (χ4v) is 12.6. The predicted octanol–water partition coefficient (Wildman–Crippen LogP) is 22.7. The molecular formula is C98H109BBr3CuN12O7. The van der Waals surface area contributed by atoms with Crippen molar-refractivity contribution in [2.75, 3.05) is 27.1 Å². The molecule has 0 fully saturated rings. The molecule has 3 radical (unpaired) electrons. The Hall–Kier alpha value is -11.9. The second-order valence-corrected chi connectivity index (χ2v) is 35.0. The minimum absolute atomic E-state index is 0. The van der Waals surface area contributed by atoms with Gasteiger partial charge in [0.2, 0.25) is 0 Å². The van der Waals surface area contributed by atoms with Crippen molar-refractivity contribution in [2.24, 2.45) is 5.73 Å². The number of methoxy groups -OCH3 is 3. The topological polar surface area (TPSA) is 228 Å². The number of aromatic nitrogens is 8. The van der Waals surface area contributed by atoms with Crippen LogP contribution in [0, 0.1) is 24.2 Å². The zero-order chi connectivity index (χ0) is 84.0. The number of halogens is 3. The molecule has 0 spiro atoms. The fraction of sp³-hybridized carbons (Fsp3) is 0.224. The maximum atomic E-state index is 12.4. The summed E-state index contributed by atoms with van der Waals surface area (Å²) in [7, 11) is 4.93. The Morgan fingerprint density at radius 2 is 0.820 bits per heavy atom. The van der Waals surface area contributed by atoms with Crippen LogP contribution in [0.2, 0.25) is 0 Å². The summed E-state index contributed by atoms with van der Waals surface area (Å²) in [5.41, 5.74) is 21.6. The van der Waals surface area contributed by atoms with E-state index in [9.17, 15) is 9.59 Å². The molecule has 19 nitrogen and oxygen atoms in total. The molecule has 8 heterocycles. The number of anilines is 1. The van der Waals surface area contributed by atoms with Gasteiger partial charge in [-0.05, 0) is 254 Å². The molecule has 0 aliphatic carbocycles. The van der Waals surface area contributed by atoms with Crippen molar-refractivity contribution >= 4 is 114 Å². The Morgan fingerprint density at radius 1 is 0.467 bits per heavy atom. The summed E-state index contributed by atoms with van der Waals surface area (Å²) in [4.78, 5) is 40.6. The molecule has 0 aliphatic rings. The van der Waals surface area contributed by atoms with Crippen LogP contribution in [-0.4, -0.2) is 109 Å². The average molecular weight is 1880 g/mol. The van der Waals surface area contributed by atoms with Gasteiger partial charge in [0.25, 0.3) is 0 Å². The fourth-order valence-electron chi connectivity index (χ4n) is 12.3. The van der Waals surface area contributed by atoms with Gasteiger partial charge in [-0.3, -0.25) is 19.9 Å². The van der Waals surface area contributed by atoms with Gasteiger partial charge in [-0.2, -0.15) is 0 Å². The number of carbonyl (C=O) groups is 2. The summed E-state index contributed by atoms with van der Waals surface area (Å²) in [5.74, 6) is 11.4. The van der Waals surface area contributed by atoms with Gasteiger partial charge < -0.3 is 64.1 Å².